The molecule has 5 atom stereocenters. The van der Waals surface area contributed by atoms with Crippen molar-refractivity contribution >= 4 is 18.4 Å². The van der Waals surface area contributed by atoms with Crippen molar-refractivity contribution in [3.05, 3.63) is 0 Å². The molecule has 0 aromatic heterocycles. The summed E-state index contributed by atoms with van der Waals surface area (Å²) in [4.78, 5) is 0. The number of aliphatic hydroxyl groups excluding tert-OH is 4. The monoisotopic (exact) mass is 272 g/mol. The van der Waals surface area contributed by atoms with Crippen LogP contribution < -0.4 is 16.9 Å². The van der Waals surface area contributed by atoms with Gasteiger partial charge in [0.05, 0.1) is 6.61 Å². The molecule has 1 saturated heterocycles. The van der Waals surface area contributed by atoms with E-state index in [0.717, 1.165) is 0 Å². The quantitative estimate of drug-likeness (QED) is 0.155. The summed E-state index contributed by atoms with van der Waals surface area (Å²) in [6, 6.07) is 0. The maximum absolute atomic E-state index is 9.50. The predicted octanol–water partition coefficient (Wildman–Crippen LogP) is -4.01. The molecule has 0 aliphatic carbocycles. The molecule has 1 aliphatic rings. The molecular formula is C7H17ClN4O5. The molecule has 0 spiro atoms. The van der Waals surface area contributed by atoms with E-state index in [2.05, 4.69) is 10.5 Å². The topological polar surface area (TPSA) is 167 Å². The third-order valence-corrected chi connectivity index (χ3v) is 2.21. The van der Waals surface area contributed by atoms with Gasteiger partial charge in [-0.1, -0.05) is 0 Å². The number of rotatable bonds is 3. The standard InChI is InChI=1S/C7H16N4O5.ClH/c8-7(9)11-10-6-5(15)4(14)3(13)2(1-12)16-6;/h2-6,10,12-15H,1H2,(H4,8,9,11);1H/t2-,3-,4+,5-,6-;/m1./s1. The number of nitrogens with zero attached hydrogens (tertiary/aromatic N) is 1. The van der Waals surface area contributed by atoms with E-state index in [-0.39, 0.29) is 18.4 Å². The van der Waals surface area contributed by atoms with Crippen LogP contribution in [0.1, 0.15) is 0 Å². The molecule has 9 nitrogen and oxygen atoms in total. The van der Waals surface area contributed by atoms with Gasteiger partial charge in [-0.3, -0.25) is 5.43 Å². The highest BCUT2D eigenvalue weighted by Crippen LogP contribution is 2.19. The van der Waals surface area contributed by atoms with Gasteiger partial charge < -0.3 is 36.6 Å². The van der Waals surface area contributed by atoms with Crippen LogP contribution in [-0.2, 0) is 4.74 Å². The molecule has 9 N–H and O–H groups in total. The van der Waals surface area contributed by atoms with Crippen LogP contribution in [0.5, 0.6) is 0 Å². The average Bonchev–Trinajstić information content (AvgIpc) is 2.25. The molecule has 0 saturated carbocycles. The van der Waals surface area contributed by atoms with Crippen LogP contribution in [0.4, 0.5) is 0 Å². The van der Waals surface area contributed by atoms with Crippen LogP contribution >= 0.6 is 12.4 Å². The van der Waals surface area contributed by atoms with E-state index in [4.69, 9.17) is 21.3 Å². The Labute approximate surface area is 103 Å². The van der Waals surface area contributed by atoms with Gasteiger partial charge >= 0.3 is 0 Å². The molecule has 102 valence electrons. The van der Waals surface area contributed by atoms with Crippen molar-refractivity contribution in [2.45, 2.75) is 30.6 Å². The fraction of sp³-hybridized carbons (Fsp3) is 0.857. The Morgan fingerprint density at radius 1 is 1.18 bits per heavy atom. The molecule has 1 aliphatic heterocycles. The number of aliphatic hydroxyl groups is 4. The summed E-state index contributed by atoms with van der Waals surface area (Å²) in [5.74, 6) is -0.281. The lowest BCUT2D eigenvalue weighted by Crippen LogP contribution is -2.61. The SMILES string of the molecule is Cl.NC(N)=NN[C@@H]1O[C@H](CO)[C@@H](O)[C@H](O)[C@H]1O. The van der Waals surface area contributed by atoms with E-state index in [1.165, 1.54) is 0 Å². The van der Waals surface area contributed by atoms with Crippen LogP contribution in [0.2, 0.25) is 0 Å². The molecular weight excluding hydrogens is 256 g/mol. The summed E-state index contributed by atoms with van der Waals surface area (Å²) < 4.78 is 5.04. The minimum absolute atomic E-state index is 0. The lowest BCUT2D eigenvalue weighted by Gasteiger charge is -2.39. The molecule has 0 unspecified atom stereocenters. The summed E-state index contributed by atoms with van der Waals surface area (Å²) in [5, 5.41) is 40.6. The number of halogens is 1. The number of hydrogen-bond donors (Lipinski definition) is 7. The van der Waals surface area contributed by atoms with Crippen LogP contribution in [0, 0.1) is 0 Å². The van der Waals surface area contributed by atoms with Crippen LogP contribution in [0.25, 0.3) is 0 Å². The fourth-order valence-corrected chi connectivity index (χ4v) is 1.35. The van der Waals surface area contributed by atoms with Crippen molar-refractivity contribution in [3.8, 4) is 0 Å². The van der Waals surface area contributed by atoms with E-state index < -0.39 is 37.3 Å². The minimum atomic E-state index is -1.46. The van der Waals surface area contributed by atoms with Crippen LogP contribution in [0.15, 0.2) is 5.10 Å². The van der Waals surface area contributed by atoms with E-state index in [1.807, 2.05) is 0 Å². The number of guanidine groups is 1. The van der Waals surface area contributed by atoms with Crippen molar-refractivity contribution in [2.24, 2.45) is 16.6 Å². The van der Waals surface area contributed by atoms with E-state index in [1.54, 1.807) is 0 Å². The third kappa shape index (κ3) is 3.84. The predicted molar refractivity (Wildman–Crippen MR) is 60.0 cm³/mol. The zero-order chi connectivity index (χ0) is 12.3. The third-order valence-electron chi connectivity index (χ3n) is 2.21. The Kier molecular flexibility index (Phi) is 6.45. The first kappa shape index (κ1) is 16.2. The highest BCUT2D eigenvalue weighted by Gasteiger charge is 2.43. The Balaban J connectivity index is 0.00000256. The Hall–Kier alpha value is -0.840. The lowest BCUT2D eigenvalue weighted by molar-refractivity contribution is -0.236. The van der Waals surface area contributed by atoms with Gasteiger partial charge in [-0.05, 0) is 0 Å². The number of hydrogen-bond acceptors (Lipinski definition) is 7. The van der Waals surface area contributed by atoms with Crippen molar-refractivity contribution in [1.82, 2.24) is 5.43 Å². The van der Waals surface area contributed by atoms with Gasteiger partial charge in [-0.2, -0.15) is 0 Å². The first-order valence-corrected chi connectivity index (χ1v) is 4.62. The normalized spacial score (nSPS) is 36.8. The molecule has 17 heavy (non-hydrogen) atoms. The molecule has 0 radical (unpaired) electrons. The molecule has 10 heteroatoms. The Morgan fingerprint density at radius 3 is 2.24 bits per heavy atom. The zero-order valence-electron chi connectivity index (χ0n) is 8.80. The van der Waals surface area contributed by atoms with Gasteiger partial charge in [0.2, 0.25) is 5.96 Å². The van der Waals surface area contributed by atoms with Gasteiger partial charge in [0, 0.05) is 0 Å². The van der Waals surface area contributed by atoms with Gasteiger partial charge in [0.1, 0.15) is 24.4 Å². The molecule has 0 aromatic carbocycles. The fourth-order valence-electron chi connectivity index (χ4n) is 1.35. The van der Waals surface area contributed by atoms with E-state index in [0.29, 0.717) is 0 Å². The minimum Gasteiger partial charge on any atom is -0.394 e. The van der Waals surface area contributed by atoms with E-state index in [9.17, 15) is 15.3 Å². The van der Waals surface area contributed by atoms with Crippen LogP contribution in [0.3, 0.4) is 0 Å². The van der Waals surface area contributed by atoms with Gasteiger partial charge in [0.15, 0.2) is 6.23 Å². The lowest BCUT2D eigenvalue weighted by atomic mass is 9.99. The summed E-state index contributed by atoms with van der Waals surface area (Å²) >= 11 is 0. The number of ether oxygens (including phenoxy) is 1. The maximum Gasteiger partial charge on any atom is 0.208 e. The Morgan fingerprint density at radius 2 is 1.76 bits per heavy atom. The molecule has 1 rings (SSSR count). The molecule has 1 fully saturated rings. The van der Waals surface area contributed by atoms with Crippen molar-refractivity contribution in [2.75, 3.05) is 6.61 Å². The molecule has 1 heterocycles. The average molecular weight is 273 g/mol. The molecule has 0 amide bonds. The van der Waals surface area contributed by atoms with Crippen molar-refractivity contribution in [1.29, 1.82) is 0 Å². The number of nitrogens with one attached hydrogen (secondary N) is 1. The second-order valence-corrected chi connectivity index (χ2v) is 3.42. The van der Waals surface area contributed by atoms with Gasteiger partial charge in [-0.25, -0.2) is 0 Å². The first-order valence-electron chi connectivity index (χ1n) is 4.62. The summed E-state index contributed by atoms with van der Waals surface area (Å²) in [6.07, 6.45) is -6.39. The Bertz CT molecular complexity index is 263. The van der Waals surface area contributed by atoms with Crippen molar-refractivity contribution < 1.29 is 25.2 Å². The summed E-state index contributed by atoms with van der Waals surface area (Å²) in [5.41, 5.74) is 12.4. The number of nitrogens with two attached hydrogens (primary N) is 2. The smallest absolute Gasteiger partial charge is 0.208 e. The second kappa shape index (κ2) is 6.79. The van der Waals surface area contributed by atoms with Crippen molar-refractivity contribution in [3.63, 3.8) is 0 Å². The van der Waals surface area contributed by atoms with Crippen LogP contribution in [-0.4, -0.2) is 63.6 Å². The summed E-state index contributed by atoms with van der Waals surface area (Å²) in [6.45, 7) is -0.509. The zero-order valence-corrected chi connectivity index (χ0v) is 9.62. The maximum atomic E-state index is 9.50. The van der Waals surface area contributed by atoms with E-state index >= 15 is 0 Å². The molecule has 0 aromatic rings. The second-order valence-electron chi connectivity index (χ2n) is 3.42. The van der Waals surface area contributed by atoms with Gasteiger partial charge in [-0.15, -0.1) is 17.5 Å². The van der Waals surface area contributed by atoms with Gasteiger partial charge in [0.25, 0.3) is 0 Å². The molecule has 0 bridgehead atoms. The summed E-state index contributed by atoms with van der Waals surface area (Å²) in [7, 11) is 0. The largest absolute Gasteiger partial charge is 0.394 e. The highest BCUT2D eigenvalue weighted by atomic mass is 35.5. The number of hydrazone groups is 1. The highest BCUT2D eigenvalue weighted by molar-refractivity contribution is 5.85. The first-order chi connectivity index (χ1) is 7.47.